The average molecular weight is 289 g/mol. The van der Waals surface area contributed by atoms with Crippen LogP contribution in [-0.2, 0) is 4.74 Å². The number of rotatable bonds is 3. The summed E-state index contributed by atoms with van der Waals surface area (Å²) in [6, 6.07) is 5.79. The van der Waals surface area contributed by atoms with Crippen molar-refractivity contribution in [1.29, 1.82) is 0 Å². The summed E-state index contributed by atoms with van der Waals surface area (Å²) in [5, 5.41) is 0. The monoisotopic (exact) mass is 289 g/mol. The Labute approximate surface area is 123 Å². The summed E-state index contributed by atoms with van der Waals surface area (Å²) < 4.78 is 10.5. The lowest BCUT2D eigenvalue weighted by Crippen LogP contribution is -2.46. The number of hydrogen-bond donors (Lipinski definition) is 0. The maximum absolute atomic E-state index is 11.5. The number of carbonyl (C=O) groups excluding carboxylic acids is 1. The number of fused-ring (bicyclic) bond motifs is 1. The normalized spacial score (nSPS) is 16.4. The zero-order chi connectivity index (χ0) is 14.8. The molecule has 6 heteroatoms. The van der Waals surface area contributed by atoms with Crippen molar-refractivity contribution >= 4 is 23.1 Å². The lowest BCUT2D eigenvalue weighted by Gasteiger charge is -2.32. The molecule has 21 heavy (non-hydrogen) atoms. The van der Waals surface area contributed by atoms with Crippen LogP contribution >= 0.6 is 0 Å². The first-order valence-corrected chi connectivity index (χ1v) is 7.17. The van der Waals surface area contributed by atoms with Gasteiger partial charge in [-0.25, -0.2) is 4.79 Å². The van der Waals surface area contributed by atoms with Crippen LogP contribution < -0.4 is 4.90 Å². The van der Waals surface area contributed by atoms with Gasteiger partial charge >= 0.3 is 5.97 Å². The van der Waals surface area contributed by atoms with Crippen LogP contribution in [0.4, 0.5) is 6.01 Å². The smallest absolute Gasteiger partial charge is 0.337 e. The molecule has 0 aliphatic carbocycles. The van der Waals surface area contributed by atoms with Gasteiger partial charge in [0.2, 0.25) is 0 Å². The van der Waals surface area contributed by atoms with Crippen molar-refractivity contribution in [3.8, 4) is 0 Å². The summed E-state index contributed by atoms with van der Waals surface area (Å²) in [4.78, 5) is 20.6. The van der Waals surface area contributed by atoms with E-state index in [0.29, 0.717) is 22.7 Å². The number of oxazole rings is 1. The standard InChI is InChI=1S/C15H19N3O3/c1-3-17-6-8-18(9-7-17)15-16-12-10-11(14(19)20-2)4-5-13(12)21-15/h4-5,10H,3,6-9H2,1-2H3. The van der Waals surface area contributed by atoms with E-state index < -0.39 is 0 Å². The van der Waals surface area contributed by atoms with Gasteiger partial charge in [0.25, 0.3) is 6.01 Å². The van der Waals surface area contributed by atoms with Crippen molar-refractivity contribution < 1.29 is 13.9 Å². The SMILES string of the molecule is CCN1CCN(c2nc3cc(C(=O)OC)ccc3o2)CC1. The Kier molecular flexibility index (Phi) is 3.79. The molecule has 0 N–H and O–H groups in total. The second kappa shape index (κ2) is 5.73. The molecule has 3 rings (SSSR count). The van der Waals surface area contributed by atoms with Crippen LogP contribution in [0, 0.1) is 0 Å². The Bertz CT molecular complexity index is 645. The molecule has 0 unspecified atom stereocenters. The van der Waals surface area contributed by atoms with Crippen molar-refractivity contribution in [2.45, 2.75) is 6.92 Å². The van der Waals surface area contributed by atoms with Crippen LogP contribution in [0.25, 0.3) is 11.1 Å². The van der Waals surface area contributed by atoms with E-state index in [-0.39, 0.29) is 5.97 Å². The number of benzene rings is 1. The van der Waals surface area contributed by atoms with E-state index in [0.717, 1.165) is 32.7 Å². The van der Waals surface area contributed by atoms with Gasteiger partial charge in [0.1, 0.15) is 5.52 Å². The lowest BCUT2D eigenvalue weighted by atomic mass is 10.2. The Hall–Kier alpha value is -2.08. The predicted octanol–water partition coefficient (Wildman–Crippen LogP) is 1.76. The minimum atomic E-state index is -0.363. The van der Waals surface area contributed by atoms with Gasteiger partial charge in [-0.15, -0.1) is 0 Å². The molecule has 0 radical (unpaired) electrons. The minimum Gasteiger partial charge on any atom is -0.465 e. The highest BCUT2D eigenvalue weighted by atomic mass is 16.5. The summed E-state index contributed by atoms with van der Waals surface area (Å²) in [5.74, 6) is -0.363. The number of methoxy groups -OCH3 is 1. The van der Waals surface area contributed by atoms with Gasteiger partial charge in [-0.3, -0.25) is 0 Å². The maximum atomic E-state index is 11.5. The third-order valence-electron chi connectivity index (χ3n) is 3.89. The second-order valence-corrected chi connectivity index (χ2v) is 5.09. The molecule has 2 aromatic rings. The van der Waals surface area contributed by atoms with E-state index in [2.05, 4.69) is 21.7 Å². The van der Waals surface area contributed by atoms with Gasteiger partial charge in [-0.05, 0) is 24.7 Å². The third-order valence-corrected chi connectivity index (χ3v) is 3.89. The molecule has 0 atom stereocenters. The van der Waals surface area contributed by atoms with E-state index >= 15 is 0 Å². The molecular weight excluding hydrogens is 270 g/mol. The number of esters is 1. The fourth-order valence-electron chi connectivity index (χ4n) is 2.55. The van der Waals surface area contributed by atoms with Crippen molar-refractivity contribution in [3.05, 3.63) is 23.8 Å². The molecule has 1 saturated heterocycles. The second-order valence-electron chi connectivity index (χ2n) is 5.09. The number of nitrogens with zero attached hydrogens (tertiary/aromatic N) is 3. The zero-order valence-electron chi connectivity index (χ0n) is 12.3. The summed E-state index contributed by atoms with van der Waals surface area (Å²) >= 11 is 0. The molecule has 6 nitrogen and oxygen atoms in total. The molecule has 0 bridgehead atoms. The van der Waals surface area contributed by atoms with Gasteiger partial charge in [0.05, 0.1) is 12.7 Å². The fourth-order valence-corrected chi connectivity index (χ4v) is 2.55. The lowest BCUT2D eigenvalue weighted by molar-refractivity contribution is 0.0601. The van der Waals surface area contributed by atoms with Crippen LogP contribution in [0.15, 0.2) is 22.6 Å². The van der Waals surface area contributed by atoms with Crippen molar-refractivity contribution in [2.24, 2.45) is 0 Å². The molecule has 0 spiro atoms. The summed E-state index contributed by atoms with van der Waals surface area (Å²) in [6.07, 6.45) is 0. The molecule has 1 aliphatic rings. The number of anilines is 1. The highest BCUT2D eigenvalue weighted by Gasteiger charge is 2.20. The van der Waals surface area contributed by atoms with Crippen molar-refractivity contribution in [1.82, 2.24) is 9.88 Å². The zero-order valence-corrected chi connectivity index (χ0v) is 12.3. The van der Waals surface area contributed by atoms with E-state index in [1.54, 1.807) is 18.2 Å². The van der Waals surface area contributed by atoms with Gasteiger partial charge in [0, 0.05) is 26.2 Å². The Morgan fingerprint density at radius 3 is 2.76 bits per heavy atom. The minimum absolute atomic E-state index is 0.363. The summed E-state index contributed by atoms with van der Waals surface area (Å²) in [5.41, 5.74) is 1.86. The first kappa shape index (κ1) is 13.9. The van der Waals surface area contributed by atoms with Crippen LogP contribution in [-0.4, -0.2) is 55.7 Å². The number of carbonyl (C=O) groups is 1. The highest BCUT2D eigenvalue weighted by Crippen LogP contribution is 2.24. The van der Waals surface area contributed by atoms with E-state index in [4.69, 9.17) is 9.15 Å². The molecule has 112 valence electrons. The summed E-state index contributed by atoms with van der Waals surface area (Å²) in [6.45, 7) is 7.09. The predicted molar refractivity (Wildman–Crippen MR) is 79.7 cm³/mol. The average Bonchev–Trinajstić information content (AvgIpc) is 2.97. The Morgan fingerprint density at radius 2 is 2.10 bits per heavy atom. The first-order chi connectivity index (χ1) is 10.2. The largest absolute Gasteiger partial charge is 0.465 e. The molecule has 0 amide bonds. The van der Waals surface area contributed by atoms with E-state index in [9.17, 15) is 4.79 Å². The van der Waals surface area contributed by atoms with Gasteiger partial charge in [0.15, 0.2) is 5.58 Å². The third kappa shape index (κ3) is 2.71. The van der Waals surface area contributed by atoms with Crippen LogP contribution in [0.2, 0.25) is 0 Å². The molecule has 1 aromatic heterocycles. The number of hydrogen-bond acceptors (Lipinski definition) is 6. The molecular formula is C15H19N3O3. The highest BCUT2D eigenvalue weighted by molar-refractivity contribution is 5.93. The topological polar surface area (TPSA) is 58.8 Å². The van der Waals surface area contributed by atoms with Gasteiger partial charge < -0.3 is 19.0 Å². The molecule has 1 fully saturated rings. The number of piperazine rings is 1. The van der Waals surface area contributed by atoms with Gasteiger partial charge in [-0.1, -0.05) is 6.92 Å². The number of ether oxygens (including phenoxy) is 1. The molecule has 1 aliphatic heterocycles. The van der Waals surface area contributed by atoms with E-state index in [1.165, 1.54) is 7.11 Å². The van der Waals surface area contributed by atoms with Crippen LogP contribution in [0.1, 0.15) is 17.3 Å². The van der Waals surface area contributed by atoms with Crippen molar-refractivity contribution in [2.75, 3.05) is 44.7 Å². The molecule has 0 saturated carbocycles. The van der Waals surface area contributed by atoms with Crippen LogP contribution in [0.5, 0.6) is 0 Å². The quantitative estimate of drug-likeness (QED) is 0.802. The fraction of sp³-hybridized carbons (Fsp3) is 0.467. The number of aromatic nitrogens is 1. The Balaban J connectivity index is 1.83. The van der Waals surface area contributed by atoms with Crippen molar-refractivity contribution in [3.63, 3.8) is 0 Å². The van der Waals surface area contributed by atoms with E-state index in [1.807, 2.05) is 0 Å². The number of likely N-dealkylation sites (N-methyl/N-ethyl adjacent to an activating group) is 1. The molecule has 2 heterocycles. The van der Waals surface area contributed by atoms with Crippen LogP contribution in [0.3, 0.4) is 0 Å². The maximum Gasteiger partial charge on any atom is 0.337 e. The van der Waals surface area contributed by atoms with Gasteiger partial charge in [-0.2, -0.15) is 4.98 Å². The summed E-state index contributed by atoms with van der Waals surface area (Å²) in [7, 11) is 1.37. The Morgan fingerprint density at radius 1 is 1.33 bits per heavy atom. The first-order valence-electron chi connectivity index (χ1n) is 7.17. The molecule has 1 aromatic carbocycles.